The van der Waals surface area contributed by atoms with Gasteiger partial charge in [0.05, 0.1) is 5.02 Å². The van der Waals surface area contributed by atoms with Crippen molar-refractivity contribution in [3.8, 4) is 5.82 Å². The molecule has 0 atom stereocenters. The van der Waals surface area contributed by atoms with E-state index in [9.17, 15) is 9.59 Å². The number of amides is 2. The molecule has 1 saturated carbocycles. The van der Waals surface area contributed by atoms with Gasteiger partial charge in [0.15, 0.2) is 5.82 Å². The second-order valence-corrected chi connectivity index (χ2v) is 7.65. The van der Waals surface area contributed by atoms with Crippen LogP contribution in [0.4, 0.5) is 5.69 Å². The molecule has 142 valence electrons. The highest BCUT2D eigenvalue weighted by atomic mass is 79.9. The lowest BCUT2D eigenvalue weighted by Gasteiger charge is -2.17. The van der Waals surface area contributed by atoms with E-state index in [2.05, 4.69) is 36.6 Å². The zero-order valence-electron chi connectivity index (χ0n) is 14.5. The van der Waals surface area contributed by atoms with Crippen molar-refractivity contribution in [3.63, 3.8) is 0 Å². The van der Waals surface area contributed by atoms with Crippen LogP contribution in [0, 0.1) is 0 Å². The number of carbonyl (C=O) groups is 2. The molecule has 2 aromatic heterocycles. The fourth-order valence-electron chi connectivity index (χ4n) is 2.80. The van der Waals surface area contributed by atoms with Crippen molar-refractivity contribution >= 4 is 45.0 Å². The van der Waals surface area contributed by atoms with Crippen LogP contribution in [0.1, 0.15) is 23.3 Å². The van der Waals surface area contributed by atoms with E-state index in [1.807, 2.05) is 18.2 Å². The van der Waals surface area contributed by atoms with Gasteiger partial charge in [0.25, 0.3) is 5.91 Å². The van der Waals surface area contributed by atoms with Gasteiger partial charge in [-0.25, -0.2) is 9.67 Å². The fraction of sp³-hybridized carbons (Fsp3) is 0.158. The Labute approximate surface area is 174 Å². The maximum Gasteiger partial charge on any atom is 0.270 e. The van der Waals surface area contributed by atoms with E-state index >= 15 is 0 Å². The second-order valence-electron chi connectivity index (χ2n) is 6.43. The summed E-state index contributed by atoms with van der Waals surface area (Å²) in [6, 6.07) is 14.0. The van der Waals surface area contributed by atoms with E-state index < -0.39 is 11.4 Å². The molecular weight excluding hydrogens is 446 g/mol. The summed E-state index contributed by atoms with van der Waals surface area (Å²) in [5, 5.41) is 10.3. The van der Waals surface area contributed by atoms with Crippen LogP contribution in [-0.4, -0.2) is 32.1 Å². The molecule has 2 amide bonds. The number of hydrogen-bond acceptors (Lipinski definition) is 4. The van der Waals surface area contributed by atoms with E-state index in [1.54, 1.807) is 36.5 Å². The average Bonchev–Trinajstić information content (AvgIpc) is 3.36. The molecule has 0 aliphatic heterocycles. The molecule has 1 aliphatic carbocycles. The Bertz CT molecular complexity index is 1050. The van der Waals surface area contributed by atoms with Crippen LogP contribution in [0.5, 0.6) is 0 Å². The first-order chi connectivity index (χ1) is 13.5. The number of halogens is 2. The van der Waals surface area contributed by atoms with Crippen LogP contribution < -0.4 is 10.6 Å². The number of pyridine rings is 1. The molecule has 0 saturated heterocycles. The summed E-state index contributed by atoms with van der Waals surface area (Å²) in [7, 11) is 0. The summed E-state index contributed by atoms with van der Waals surface area (Å²) in [5.74, 6) is -0.340. The molecule has 1 fully saturated rings. The number of rotatable bonds is 5. The highest BCUT2D eigenvalue weighted by molar-refractivity contribution is 9.10. The molecule has 0 unspecified atom stereocenters. The Morgan fingerprint density at radius 3 is 2.57 bits per heavy atom. The van der Waals surface area contributed by atoms with Gasteiger partial charge in [0, 0.05) is 18.0 Å². The summed E-state index contributed by atoms with van der Waals surface area (Å²) >= 11 is 9.48. The summed E-state index contributed by atoms with van der Waals surface area (Å²) in [6.07, 6.45) is 2.70. The lowest BCUT2D eigenvalue weighted by atomic mass is 10.2. The topological polar surface area (TPSA) is 88.9 Å². The lowest BCUT2D eigenvalue weighted by molar-refractivity contribution is -0.118. The van der Waals surface area contributed by atoms with Crippen molar-refractivity contribution in [1.82, 2.24) is 20.1 Å². The first-order valence-corrected chi connectivity index (χ1v) is 9.71. The average molecular weight is 461 g/mol. The number of aromatic nitrogens is 3. The molecule has 0 bridgehead atoms. The summed E-state index contributed by atoms with van der Waals surface area (Å²) in [5.41, 5.74) is -0.0186. The van der Waals surface area contributed by atoms with Crippen molar-refractivity contribution in [2.45, 2.75) is 18.4 Å². The molecule has 2 heterocycles. The Hall–Kier alpha value is -2.71. The molecule has 9 heteroatoms. The predicted molar refractivity (Wildman–Crippen MR) is 109 cm³/mol. The number of anilines is 1. The van der Waals surface area contributed by atoms with Crippen molar-refractivity contribution in [2.75, 3.05) is 5.32 Å². The van der Waals surface area contributed by atoms with Crippen LogP contribution in [0.2, 0.25) is 5.02 Å². The van der Waals surface area contributed by atoms with Gasteiger partial charge in [-0.05, 0) is 53.0 Å². The van der Waals surface area contributed by atoms with Crippen LogP contribution in [0.25, 0.3) is 5.82 Å². The highest BCUT2D eigenvalue weighted by Crippen LogP contribution is 2.37. The minimum Gasteiger partial charge on any atom is -0.336 e. The van der Waals surface area contributed by atoms with Gasteiger partial charge in [0.2, 0.25) is 5.91 Å². The third-order valence-electron chi connectivity index (χ3n) is 4.42. The molecule has 1 aromatic carbocycles. The van der Waals surface area contributed by atoms with Crippen LogP contribution in [0.3, 0.4) is 0 Å². The monoisotopic (exact) mass is 459 g/mol. The summed E-state index contributed by atoms with van der Waals surface area (Å²) < 4.78 is 1.81. The first-order valence-electron chi connectivity index (χ1n) is 8.54. The van der Waals surface area contributed by atoms with Gasteiger partial charge in [-0.2, -0.15) is 5.10 Å². The van der Waals surface area contributed by atoms with Gasteiger partial charge in [0.1, 0.15) is 15.8 Å². The molecule has 1 aliphatic rings. The normalized spacial score (nSPS) is 14.4. The number of carbonyl (C=O) groups excluding carboxylic acids is 2. The quantitative estimate of drug-likeness (QED) is 0.609. The lowest BCUT2D eigenvalue weighted by Crippen LogP contribution is -2.46. The Morgan fingerprint density at radius 2 is 1.89 bits per heavy atom. The van der Waals surface area contributed by atoms with Crippen molar-refractivity contribution in [1.29, 1.82) is 0 Å². The summed E-state index contributed by atoms with van der Waals surface area (Å²) in [4.78, 5) is 29.8. The van der Waals surface area contributed by atoms with Crippen molar-refractivity contribution in [3.05, 3.63) is 70.0 Å². The van der Waals surface area contributed by atoms with Crippen LogP contribution in [-0.2, 0) is 4.79 Å². The molecular formula is C19H15BrClN5O2. The standard InChI is InChI=1S/C19H15BrClN5O2/c20-15-11-14(26(25-15)16-13(21)7-4-10-22-16)17(27)24-19(8-9-19)18(28)23-12-5-2-1-3-6-12/h1-7,10-11H,8-9H2,(H,23,28)(H,24,27). The number of nitrogens with one attached hydrogen (secondary N) is 2. The fourth-order valence-corrected chi connectivity index (χ4v) is 3.37. The molecule has 3 aromatic rings. The van der Waals surface area contributed by atoms with Crippen molar-refractivity contribution < 1.29 is 9.59 Å². The highest BCUT2D eigenvalue weighted by Gasteiger charge is 2.51. The van der Waals surface area contributed by atoms with E-state index in [0.29, 0.717) is 34.0 Å². The zero-order valence-corrected chi connectivity index (χ0v) is 16.9. The molecule has 2 N–H and O–H groups in total. The second kappa shape index (κ2) is 7.37. The Balaban J connectivity index is 1.56. The van der Waals surface area contributed by atoms with Crippen LogP contribution >= 0.6 is 27.5 Å². The molecule has 0 radical (unpaired) electrons. The van der Waals surface area contributed by atoms with E-state index in [-0.39, 0.29) is 11.6 Å². The Morgan fingerprint density at radius 1 is 1.14 bits per heavy atom. The van der Waals surface area contributed by atoms with Gasteiger partial charge < -0.3 is 10.6 Å². The molecule has 7 nitrogen and oxygen atoms in total. The first kappa shape index (κ1) is 18.6. The molecule has 0 spiro atoms. The third-order valence-corrected chi connectivity index (χ3v) is 5.10. The number of nitrogens with zero attached hydrogens (tertiary/aromatic N) is 3. The number of hydrogen-bond donors (Lipinski definition) is 2. The zero-order chi connectivity index (χ0) is 19.7. The minimum absolute atomic E-state index is 0.228. The maximum atomic E-state index is 12.9. The minimum atomic E-state index is -0.928. The Kier molecular flexibility index (Phi) is 4.91. The number of benzene rings is 1. The smallest absolute Gasteiger partial charge is 0.270 e. The number of para-hydroxylation sites is 1. The summed E-state index contributed by atoms with van der Waals surface area (Å²) in [6.45, 7) is 0. The predicted octanol–water partition coefficient (Wildman–Crippen LogP) is 3.58. The van der Waals surface area contributed by atoms with E-state index in [1.165, 1.54) is 4.68 Å². The van der Waals surface area contributed by atoms with Gasteiger partial charge in [-0.3, -0.25) is 9.59 Å². The van der Waals surface area contributed by atoms with E-state index in [4.69, 9.17) is 11.6 Å². The molecule has 4 rings (SSSR count). The molecule has 28 heavy (non-hydrogen) atoms. The van der Waals surface area contributed by atoms with Gasteiger partial charge >= 0.3 is 0 Å². The third kappa shape index (κ3) is 3.65. The van der Waals surface area contributed by atoms with Crippen molar-refractivity contribution in [2.24, 2.45) is 0 Å². The largest absolute Gasteiger partial charge is 0.336 e. The maximum absolute atomic E-state index is 12.9. The van der Waals surface area contributed by atoms with E-state index in [0.717, 1.165) is 0 Å². The van der Waals surface area contributed by atoms with Gasteiger partial charge in [-0.1, -0.05) is 29.8 Å². The SMILES string of the molecule is O=C(NC1(C(=O)Nc2ccccc2)CC1)c1cc(Br)nn1-c1ncccc1Cl. The van der Waals surface area contributed by atoms with Gasteiger partial charge in [-0.15, -0.1) is 0 Å². The van der Waals surface area contributed by atoms with Crippen LogP contribution in [0.15, 0.2) is 59.3 Å².